The van der Waals surface area contributed by atoms with Crippen LogP contribution < -0.4 is 5.73 Å². The van der Waals surface area contributed by atoms with Gasteiger partial charge in [-0.2, -0.15) is 0 Å². The molecular weight excluding hydrogens is 236 g/mol. The Kier molecular flexibility index (Phi) is 2.99. The van der Waals surface area contributed by atoms with Crippen LogP contribution in [-0.4, -0.2) is 10.1 Å². The fraction of sp³-hybridized carbons (Fsp3) is 0.312. The summed E-state index contributed by atoms with van der Waals surface area (Å²) in [6, 6.07) is 10.1. The molecule has 98 valence electrons. The molecule has 19 heavy (non-hydrogen) atoms. The number of rotatable bonds is 3. The number of aromatic nitrogens is 1. The average molecular weight is 254 g/mol. The van der Waals surface area contributed by atoms with Crippen LogP contribution in [0.2, 0.25) is 0 Å². The summed E-state index contributed by atoms with van der Waals surface area (Å²) in [5, 5.41) is 10.5. The molecule has 3 rings (SSSR count). The van der Waals surface area contributed by atoms with Crippen LogP contribution in [0.5, 0.6) is 0 Å². The van der Waals surface area contributed by atoms with Gasteiger partial charge in [0, 0.05) is 11.8 Å². The smallest absolute Gasteiger partial charge is 0.129 e. The van der Waals surface area contributed by atoms with Crippen molar-refractivity contribution in [3.05, 3.63) is 58.8 Å². The van der Waals surface area contributed by atoms with Crippen LogP contribution in [0.25, 0.3) is 0 Å². The molecule has 3 heteroatoms. The molecule has 1 aromatic carbocycles. The molecule has 0 aliphatic heterocycles. The molecule has 2 aromatic rings. The van der Waals surface area contributed by atoms with E-state index in [1.807, 2.05) is 25.1 Å². The lowest BCUT2D eigenvalue weighted by Gasteiger charge is -2.15. The normalized spacial score (nSPS) is 16.3. The number of aliphatic hydroxyl groups excluding tert-OH is 1. The Balaban J connectivity index is 1.96. The fourth-order valence-electron chi connectivity index (χ4n) is 2.40. The van der Waals surface area contributed by atoms with Crippen molar-refractivity contribution in [2.75, 3.05) is 5.73 Å². The third-order valence-electron chi connectivity index (χ3n) is 3.66. The zero-order valence-corrected chi connectivity index (χ0v) is 11.0. The molecule has 1 fully saturated rings. The van der Waals surface area contributed by atoms with Gasteiger partial charge in [-0.1, -0.05) is 24.3 Å². The van der Waals surface area contributed by atoms with Crippen LogP contribution in [0.1, 0.15) is 47.1 Å². The number of hydrogen-bond donors (Lipinski definition) is 2. The standard InChI is InChI=1S/C16H18N2O/c1-10-7-14(16(17)18-9-10)15(19)13-4-2-3-12(8-13)11-5-6-11/h2-4,7-9,11,15,19H,5-6H2,1H3,(H2,17,18). The van der Waals surface area contributed by atoms with Gasteiger partial charge in [-0.25, -0.2) is 4.98 Å². The van der Waals surface area contributed by atoms with E-state index < -0.39 is 6.10 Å². The van der Waals surface area contributed by atoms with Crippen LogP contribution in [0, 0.1) is 6.92 Å². The lowest BCUT2D eigenvalue weighted by atomic mass is 9.98. The SMILES string of the molecule is Cc1cnc(N)c(C(O)c2cccc(C3CC3)c2)c1. The summed E-state index contributed by atoms with van der Waals surface area (Å²) >= 11 is 0. The Bertz CT molecular complexity index is 605. The number of aryl methyl sites for hydroxylation is 1. The maximum Gasteiger partial charge on any atom is 0.129 e. The fourth-order valence-corrected chi connectivity index (χ4v) is 2.40. The number of nitrogen functional groups attached to an aromatic ring is 1. The van der Waals surface area contributed by atoms with Gasteiger partial charge < -0.3 is 10.8 Å². The summed E-state index contributed by atoms with van der Waals surface area (Å²) < 4.78 is 0. The topological polar surface area (TPSA) is 59.1 Å². The monoisotopic (exact) mass is 254 g/mol. The van der Waals surface area contributed by atoms with Gasteiger partial charge in [-0.15, -0.1) is 0 Å². The minimum atomic E-state index is -0.703. The zero-order valence-electron chi connectivity index (χ0n) is 11.0. The first-order chi connectivity index (χ1) is 9.15. The van der Waals surface area contributed by atoms with E-state index in [2.05, 4.69) is 17.1 Å². The molecule has 1 heterocycles. The van der Waals surface area contributed by atoms with Crippen molar-refractivity contribution in [3.8, 4) is 0 Å². The van der Waals surface area contributed by atoms with Crippen LogP contribution in [0.4, 0.5) is 5.82 Å². The van der Waals surface area contributed by atoms with Gasteiger partial charge in [0.05, 0.1) is 0 Å². The van der Waals surface area contributed by atoms with Crippen LogP contribution in [0.3, 0.4) is 0 Å². The summed E-state index contributed by atoms with van der Waals surface area (Å²) in [5.41, 5.74) is 9.76. The number of nitrogens with two attached hydrogens (primary N) is 1. The van der Waals surface area contributed by atoms with E-state index in [0.29, 0.717) is 17.3 Å². The highest BCUT2D eigenvalue weighted by Gasteiger charge is 2.24. The number of anilines is 1. The van der Waals surface area contributed by atoms with Gasteiger partial charge in [0.25, 0.3) is 0 Å². The van der Waals surface area contributed by atoms with Gasteiger partial charge in [-0.05, 0) is 48.4 Å². The van der Waals surface area contributed by atoms with E-state index in [-0.39, 0.29) is 0 Å². The Hall–Kier alpha value is -1.87. The van der Waals surface area contributed by atoms with Crippen molar-refractivity contribution in [3.63, 3.8) is 0 Å². The number of aliphatic hydroxyl groups is 1. The molecule has 0 amide bonds. The minimum Gasteiger partial charge on any atom is -0.384 e. The molecule has 1 atom stereocenters. The molecular formula is C16H18N2O. The van der Waals surface area contributed by atoms with E-state index in [1.54, 1.807) is 6.20 Å². The largest absolute Gasteiger partial charge is 0.384 e. The number of benzene rings is 1. The van der Waals surface area contributed by atoms with Crippen molar-refractivity contribution in [2.45, 2.75) is 31.8 Å². The van der Waals surface area contributed by atoms with Gasteiger partial charge in [0.2, 0.25) is 0 Å². The van der Waals surface area contributed by atoms with Gasteiger partial charge in [0.1, 0.15) is 11.9 Å². The number of nitrogens with zero attached hydrogens (tertiary/aromatic N) is 1. The molecule has 3 nitrogen and oxygen atoms in total. The quantitative estimate of drug-likeness (QED) is 0.885. The Morgan fingerprint density at radius 2 is 2.11 bits per heavy atom. The first kappa shape index (κ1) is 12.2. The molecule has 1 aromatic heterocycles. The Labute approximate surface area is 113 Å². The van der Waals surface area contributed by atoms with E-state index in [4.69, 9.17) is 5.73 Å². The second kappa shape index (κ2) is 4.67. The third-order valence-corrected chi connectivity index (χ3v) is 3.66. The molecule has 0 bridgehead atoms. The molecule has 1 aliphatic rings. The highest BCUT2D eigenvalue weighted by atomic mass is 16.3. The summed E-state index contributed by atoms with van der Waals surface area (Å²) in [7, 11) is 0. The maximum atomic E-state index is 10.5. The van der Waals surface area contributed by atoms with E-state index in [9.17, 15) is 5.11 Å². The summed E-state index contributed by atoms with van der Waals surface area (Å²) in [5.74, 6) is 1.08. The van der Waals surface area contributed by atoms with E-state index in [0.717, 1.165) is 11.1 Å². The van der Waals surface area contributed by atoms with Crippen molar-refractivity contribution in [1.82, 2.24) is 4.98 Å². The maximum absolute atomic E-state index is 10.5. The van der Waals surface area contributed by atoms with Crippen molar-refractivity contribution in [2.24, 2.45) is 0 Å². The molecule has 1 aliphatic carbocycles. The van der Waals surface area contributed by atoms with Gasteiger partial charge in [-0.3, -0.25) is 0 Å². The molecule has 3 N–H and O–H groups in total. The predicted octanol–water partition coefficient (Wildman–Crippen LogP) is 2.93. The molecule has 1 unspecified atom stereocenters. The third kappa shape index (κ3) is 2.47. The summed E-state index contributed by atoms with van der Waals surface area (Å²) in [4.78, 5) is 4.11. The van der Waals surface area contributed by atoms with Crippen LogP contribution in [0.15, 0.2) is 36.5 Å². The van der Waals surface area contributed by atoms with E-state index >= 15 is 0 Å². The lowest BCUT2D eigenvalue weighted by Crippen LogP contribution is -2.06. The molecule has 0 spiro atoms. The second-order valence-corrected chi connectivity index (χ2v) is 5.33. The molecule has 1 saturated carbocycles. The number of hydrogen-bond acceptors (Lipinski definition) is 3. The Morgan fingerprint density at radius 1 is 1.32 bits per heavy atom. The van der Waals surface area contributed by atoms with Gasteiger partial charge >= 0.3 is 0 Å². The average Bonchev–Trinajstić information content (AvgIpc) is 3.25. The van der Waals surface area contributed by atoms with Crippen molar-refractivity contribution in [1.29, 1.82) is 0 Å². The zero-order chi connectivity index (χ0) is 13.4. The van der Waals surface area contributed by atoms with Gasteiger partial charge in [0.15, 0.2) is 0 Å². The second-order valence-electron chi connectivity index (χ2n) is 5.33. The highest BCUT2D eigenvalue weighted by molar-refractivity contribution is 5.46. The molecule has 0 saturated heterocycles. The highest BCUT2D eigenvalue weighted by Crippen LogP contribution is 2.41. The number of pyridine rings is 1. The predicted molar refractivity (Wildman–Crippen MR) is 75.9 cm³/mol. The lowest BCUT2D eigenvalue weighted by molar-refractivity contribution is 0.220. The van der Waals surface area contributed by atoms with E-state index in [1.165, 1.54) is 18.4 Å². The molecule has 0 radical (unpaired) electrons. The first-order valence-electron chi connectivity index (χ1n) is 6.65. The van der Waals surface area contributed by atoms with Crippen LogP contribution in [-0.2, 0) is 0 Å². The van der Waals surface area contributed by atoms with Crippen molar-refractivity contribution >= 4 is 5.82 Å². The summed E-state index contributed by atoms with van der Waals surface area (Å²) in [6.45, 7) is 1.95. The van der Waals surface area contributed by atoms with Crippen molar-refractivity contribution < 1.29 is 5.11 Å². The summed E-state index contributed by atoms with van der Waals surface area (Å²) in [6.07, 6.45) is 3.53. The minimum absolute atomic E-state index is 0.398. The Morgan fingerprint density at radius 3 is 2.84 bits per heavy atom. The first-order valence-corrected chi connectivity index (χ1v) is 6.65. The van der Waals surface area contributed by atoms with Crippen LogP contribution >= 0.6 is 0 Å².